The summed E-state index contributed by atoms with van der Waals surface area (Å²) < 4.78 is 6.70. The van der Waals surface area contributed by atoms with Crippen molar-refractivity contribution in [2.45, 2.75) is 27.1 Å². The van der Waals surface area contributed by atoms with Crippen LogP contribution in [-0.4, -0.2) is 5.11 Å². The van der Waals surface area contributed by atoms with Crippen molar-refractivity contribution >= 4 is 15.9 Å². The molecule has 1 N–H and O–H groups in total. The Bertz CT molecular complexity index is 579. The summed E-state index contributed by atoms with van der Waals surface area (Å²) in [6.07, 6.45) is 0. The molecular formula is C16H17BrO2. The largest absolute Gasteiger partial charge is 0.487 e. The fourth-order valence-corrected chi connectivity index (χ4v) is 2.41. The third-order valence-corrected chi connectivity index (χ3v) is 3.80. The molecular weight excluding hydrogens is 304 g/mol. The maximum absolute atomic E-state index is 9.32. The van der Waals surface area contributed by atoms with E-state index in [1.54, 1.807) is 0 Å². The molecule has 3 heteroatoms. The SMILES string of the molecule is Cc1ccc(COc2c(Br)cccc2CO)cc1C. The predicted molar refractivity (Wildman–Crippen MR) is 80.3 cm³/mol. The van der Waals surface area contributed by atoms with Crippen LogP contribution in [0.15, 0.2) is 40.9 Å². The highest BCUT2D eigenvalue weighted by molar-refractivity contribution is 9.10. The Morgan fingerprint density at radius 3 is 2.58 bits per heavy atom. The number of aliphatic hydroxyl groups excluding tert-OH is 1. The minimum Gasteiger partial charge on any atom is -0.487 e. The minimum atomic E-state index is -0.0261. The molecule has 0 saturated heterocycles. The van der Waals surface area contributed by atoms with E-state index in [4.69, 9.17) is 4.74 Å². The number of halogens is 1. The van der Waals surface area contributed by atoms with Crippen molar-refractivity contribution in [1.82, 2.24) is 0 Å². The monoisotopic (exact) mass is 320 g/mol. The summed E-state index contributed by atoms with van der Waals surface area (Å²) in [5.41, 5.74) is 4.46. The molecule has 0 aromatic heterocycles. The number of aryl methyl sites for hydroxylation is 2. The van der Waals surface area contributed by atoms with E-state index in [9.17, 15) is 5.11 Å². The Morgan fingerprint density at radius 1 is 1.11 bits per heavy atom. The van der Waals surface area contributed by atoms with E-state index in [0.29, 0.717) is 12.4 Å². The van der Waals surface area contributed by atoms with Gasteiger partial charge in [0, 0.05) is 5.56 Å². The van der Waals surface area contributed by atoms with Gasteiger partial charge in [0.2, 0.25) is 0 Å². The molecule has 0 fully saturated rings. The van der Waals surface area contributed by atoms with Gasteiger partial charge in [0.25, 0.3) is 0 Å². The van der Waals surface area contributed by atoms with Crippen molar-refractivity contribution in [3.63, 3.8) is 0 Å². The molecule has 0 aliphatic heterocycles. The fourth-order valence-electron chi connectivity index (χ4n) is 1.89. The van der Waals surface area contributed by atoms with Gasteiger partial charge in [-0.1, -0.05) is 30.3 Å². The van der Waals surface area contributed by atoms with Crippen LogP contribution in [0.2, 0.25) is 0 Å². The highest BCUT2D eigenvalue weighted by atomic mass is 79.9. The number of benzene rings is 2. The van der Waals surface area contributed by atoms with Gasteiger partial charge in [-0.3, -0.25) is 0 Å². The summed E-state index contributed by atoms with van der Waals surface area (Å²) in [5.74, 6) is 0.711. The molecule has 2 aromatic carbocycles. The van der Waals surface area contributed by atoms with Gasteiger partial charge >= 0.3 is 0 Å². The number of ether oxygens (including phenoxy) is 1. The molecule has 0 spiro atoms. The first-order chi connectivity index (χ1) is 9.11. The third-order valence-electron chi connectivity index (χ3n) is 3.17. The lowest BCUT2D eigenvalue weighted by molar-refractivity contribution is 0.258. The molecule has 0 atom stereocenters. The first kappa shape index (κ1) is 14.1. The average molecular weight is 321 g/mol. The third kappa shape index (κ3) is 3.37. The maximum Gasteiger partial charge on any atom is 0.139 e. The topological polar surface area (TPSA) is 29.5 Å². The number of aliphatic hydroxyl groups is 1. The van der Waals surface area contributed by atoms with Gasteiger partial charge in [0.15, 0.2) is 0 Å². The lowest BCUT2D eigenvalue weighted by Crippen LogP contribution is -2.00. The van der Waals surface area contributed by atoms with Gasteiger partial charge in [0.05, 0.1) is 11.1 Å². The number of para-hydroxylation sites is 1. The molecule has 0 aliphatic rings. The van der Waals surface area contributed by atoms with Crippen molar-refractivity contribution in [2.24, 2.45) is 0 Å². The summed E-state index contributed by atoms with van der Waals surface area (Å²) in [7, 11) is 0. The second-order valence-corrected chi connectivity index (χ2v) is 5.45. The van der Waals surface area contributed by atoms with E-state index in [-0.39, 0.29) is 6.61 Å². The molecule has 100 valence electrons. The van der Waals surface area contributed by atoms with Crippen molar-refractivity contribution in [2.75, 3.05) is 0 Å². The number of hydrogen-bond acceptors (Lipinski definition) is 2. The Morgan fingerprint density at radius 2 is 1.89 bits per heavy atom. The lowest BCUT2D eigenvalue weighted by Gasteiger charge is -2.12. The standard InChI is InChI=1S/C16H17BrO2/c1-11-6-7-13(8-12(11)2)10-19-16-14(9-18)4-3-5-15(16)17/h3-8,18H,9-10H2,1-2H3. The van der Waals surface area contributed by atoms with Gasteiger partial charge in [-0.25, -0.2) is 0 Å². The average Bonchev–Trinajstić information content (AvgIpc) is 2.41. The first-order valence-corrected chi connectivity index (χ1v) is 6.98. The van der Waals surface area contributed by atoms with Gasteiger partial charge < -0.3 is 9.84 Å². The van der Waals surface area contributed by atoms with E-state index in [2.05, 4.69) is 48.0 Å². The Labute approximate surface area is 122 Å². The summed E-state index contributed by atoms with van der Waals surface area (Å²) in [6, 6.07) is 12.0. The van der Waals surface area contributed by atoms with Crippen LogP contribution in [0.4, 0.5) is 0 Å². The molecule has 2 aromatic rings. The quantitative estimate of drug-likeness (QED) is 0.917. The lowest BCUT2D eigenvalue weighted by atomic mass is 10.1. The molecule has 0 bridgehead atoms. The van der Waals surface area contributed by atoms with Crippen LogP contribution in [0.1, 0.15) is 22.3 Å². The van der Waals surface area contributed by atoms with Gasteiger partial charge in [-0.05, 0) is 52.5 Å². The van der Waals surface area contributed by atoms with Crippen LogP contribution < -0.4 is 4.74 Å². The zero-order valence-electron chi connectivity index (χ0n) is 11.1. The Kier molecular flexibility index (Phi) is 4.61. The second kappa shape index (κ2) is 6.22. The molecule has 0 saturated carbocycles. The molecule has 0 unspecified atom stereocenters. The van der Waals surface area contributed by atoms with Gasteiger partial charge in [-0.15, -0.1) is 0 Å². The van der Waals surface area contributed by atoms with Crippen molar-refractivity contribution in [3.8, 4) is 5.75 Å². The van der Waals surface area contributed by atoms with Crippen molar-refractivity contribution in [1.29, 1.82) is 0 Å². The fraction of sp³-hybridized carbons (Fsp3) is 0.250. The summed E-state index contributed by atoms with van der Waals surface area (Å²) >= 11 is 3.45. The van der Waals surface area contributed by atoms with E-state index >= 15 is 0 Å². The van der Waals surface area contributed by atoms with Crippen molar-refractivity contribution < 1.29 is 9.84 Å². The Hall–Kier alpha value is -1.32. The number of rotatable bonds is 4. The molecule has 0 radical (unpaired) electrons. The van der Waals surface area contributed by atoms with Crippen LogP contribution in [0.3, 0.4) is 0 Å². The van der Waals surface area contributed by atoms with E-state index < -0.39 is 0 Å². The van der Waals surface area contributed by atoms with Gasteiger partial charge in [-0.2, -0.15) is 0 Å². The smallest absolute Gasteiger partial charge is 0.139 e. The molecule has 0 heterocycles. The summed E-state index contributed by atoms with van der Waals surface area (Å²) in [4.78, 5) is 0. The predicted octanol–water partition coefficient (Wildman–Crippen LogP) is 4.14. The molecule has 19 heavy (non-hydrogen) atoms. The minimum absolute atomic E-state index is 0.0261. The van der Waals surface area contributed by atoms with Crippen LogP contribution in [0.5, 0.6) is 5.75 Å². The zero-order chi connectivity index (χ0) is 13.8. The van der Waals surface area contributed by atoms with Crippen LogP contribution in [0.25, 0.3) is 0 Å². The zero-order valence-corrected chi connectivity index (χ0v) is 12.7. The first-order valence-electron chi connectivity index (χ1n) is 6.19. The summed E-state index contributed by atoms with van der Waals surface area (Å²) in [6.45, 7) is 4.66. The molecule has 0 amide bonds. The van der Waals surface area contributed by atoms with Crippen LogP contribution >= 0.6 is 15.9 Å². The molecule has 2 nitrogen and oxygen atoms in total. The highest BCUT2D eigenvalue weighted by Crippen LogP contribution is 2.30. The number of hydrogen-bond donors (Lipinski definition) is 1. The normalized spacial score (nSPS) is 10.5. The van der Waals surface area contributed by atoms with E-state index in [0.717, 1.165) is 15.6 Å². The maximum atomic E-state index is 9.32. The second-order valence-electron chi connectivity index (χ2n) is 4.59. The Balaban J connectivity index is 2.16. The van der Waals surface area contributed by atoms with Crippen LogP contribution in [0, 0.1) is 13.8 Å². The molecule has 0 aliphatic carbocycles. The van der Waals surface area contributed by atoms with E-state index in [1.165, 1.54) is 11.1 Å². The summed E-state index contributed by atoms with van der Waals surface area (Å²) in [5, 5.41) is 9.32. The van der Waals surface area contributed by atoms with Gasteiger partial charge in [0.1, 0.15) is 12.4 Å². The molecule has 2 rings (SSSR count). The van der Waals surface area contributed by atoms with Crippen molar-refractivity contribution in [3.05, 3.63) is 63.1 Å². The van der Waals surface area contributed by atoms with Crippen LogP contribution in [-0.2, 0) is 13.2 Å². The van der Waals surface area contributed by atoms with E-state index in [1.807, 2.05) is 18.2 Å². The highest BCUT2D eigenvalue weighted by Gasteiger charge is 2.07.